The highest BCUT2D eigenvalue weighted by Crippen LogP contribution is 2.40. The Labute approximate surface area is 177 Å². The van der Waals surface area contributed by atoms with Gasteiger partial charge in [-0.2, -0.15) is 5.10 Å². The first-order valence-electron chi connectivity index (χ1n) is 7.72. The maximum atomic E-state index is 12.1. The Bertz CT molecular complexity index is 1100. The van der Waals surface area contributed by atoms with Crippen LogP contribution in [0.4, 0.5) is 0 Å². The molecule has 3 rings (SSSR count). The summed E-state index contributed by atoms with van der Waals surface area (Å²) in [6.07, 6.45) is 0. The van der Waals surface area contributed by atoms with Gasteiger partial charge in [0.2, 0.25) is 0 Å². The van der Waals surface area contributed by atoms with Gasteiger partial charge in [-0.05, 0) is 36.8 Å². The molecule has 6 nitrogen and oxygen atoms in total. The number of amides is 1. The van der Waals surface area contributed by atoms with Crippen molar-refractivity contribution in [3.05, 3.63) is 61.1 Å². The largest absolute Gasteiger partial charge is 0.506 e. The van der Waals surface area contributed by atoms with Crippen molar-refractivity contribution in [1.82, 2.24) is 5.43 Å². The third kappa shape index (κ3) is 4.20. The molecule has 2 aromatic heterocycles. The van der Waals surface area contributed by atoms with E-state index in [9.17, 15) is 14.7 Å². The highest BCUT2D eigenvalue weighted by Gasteiger charge is 2.17. The zero-order valence-corrected chi connectivity index (χ0v) is 17.3. The monoisotopic (exact) mass is 454 g/mol. The highest BCUT2D eigenvalue weighted by atomic mass is 35.5. The first-order valence-corrected chi connectivity index (χ1v) is 10.2. The molecule has 3 N–H and O–H groups in total. The summed E-state index contributed by atoms with van der Waals surface area (Å²) in [6, 6.07) is 7.82. The SMILES string of the molecule is CC(=NNC(=O)c1ccc(C(=O)O)s1)c1csc(-c2ccc(Cl)c(Cl)c2)c1O. The normalized spacial score (nSPS) is 11.5. The van der Waals surface area contributed by atoms with Gasteiger partial charge in [-0.1, -0.05) is 29.3 Å². The molecule has 1 amide bonds. The summed E-state index contributed by atoms with van der Waals surface area (Å²) in [7, 11) is 0. The number of aromatic hydroxyl groups is 1. The molecule has 0 fully saturated rings. The standard InChI is InChI=1S/C18H12Cl2N2O4S2/c1-8(21-22-17(24)13-4-5-14(28-13)18(25)26)10-7-27-16(15(10)23)9-2-3-11(19)12(20)6-9/h2-7,23H,1H3,(H,22,24)(H,25,26). The number of rotatable bonds is 5. The number of carbonyl (C=O) groups excluding carboxylic acids is 1. The van der Waals surface area contributed by atoms with E-state index in [1.54, 1.807) is 30.5 Å². The minimum atomic E-state index is -1.10. The first-order chi connectivity index (χ1) is 13.3. The quantitative estimate of drug-likeness (QED) is 0.357. The van der Waals surface area contributed by atoms with Crippen molar-refractivity contribution in [2.45, 2.75) is 6.92 Å². The molecule has 0 atom stereocenters. The fraction of sp³-hybridized carbons (Fsp3) is 0.0556. The number of benzene rings is 1. The summed E-state index contributed by atoms with van der Waals surface area (Å²) in [5.41, 5.74) is 3.93. The maximum absolute atomic E-state index is 12.1. The molecule has 10 heteroatoms. The average Bonchev–Trinajstić information content (AvgIpc) is 3.29. The van der Waals surface area contributed by atoms with E-state index in [2.05, 4.69) is 10.5 Å². The molecule has 144 valence electrons. The second kappa shape index (κ2) is 8.32. The highest BCUT2D eigenvalue weighted by molar-refractivity contribution is 7.15. The van der Waals surface area contributed by atoms with E-state index in [0.29, 0.717) is 31.8 Å². The van der Waals surface area contributed by atoms with Crippen LogP contribution in [0.2, 0.25) is 10.0 Å². The number of hydrazone groups is 1. The van der Waals surface area contributed by atoms with Crippen LogP contribution in [-0.2, 0) is 0 Å². The lowest BCUT2D eigenvalue weighted by atomic mass is 10.1. The fourth-order valence-corrected chi connectivity index (χ4v) is 4.31. The van der Waals surface area contributed by atoms with Gasteiger partial charge in [0.05, 0.1) is 31.1 Å². The van der Waals surface area contributed by atoms with E-state index >= 15 is 0 Å². The molecule has 28 heavy (non-hydrogen) atoms. The van der Waals surface area contributed by atoms with Crippen molar-refractivity contribution in [3.8, 4) is 16.2 Å². The summed E-state index contributed by atoms with van der Waals surface area (Å²) in [5.74, 6) is -1.61. The Balaban J connectivity index is 1.79. The lowest BCUT2D eigenvalue weighted by Gasteiger charge is -2.04. The predicted molar refractivity (Wildman–Crippen MR) is 112 cm³/mol. The topological polar surface area (TPSA) is 99.0 Å². The number of aromatic carboxylic acids is 1. The zero-order chi connectivity index (χ0) is 20.4. The van der Waals surface area contributed by atoms with Crippen LogP contribution in [0.5, 0.6) is 5.75 Å². The number of thiophene rings is 2. The van der Waals surface area contributed by atoms with Gasteiger partial charge in [0.1, 0.15) is 10.6 Å². The van der Waals surface area contributed by atoms with Crippen molar-refractivity contribution in [2.24, 2.45) is 5.10 Å². The molecule has 0 unspecified atom stereocenters. The van der Waals surface area contributed by atoms with Gasteiger partial charge in [-0.15, -0.1) is 22.7 Å². The fourth-order valence-electron chi connectivity index (χ4n) is 2.28. The molecule has 0 aliphatic rings. The molecule has 0 aliphatic carbocycles. The van der Waals surface area contributed by atoms with Gasteiger partial charge in [0.25, 0.3) is 5.91 Å². The minimum Gasteiger partial charge on any atom is -0.506 e. The second-order valence-electron chi connectivity index (χ2n) is 5.56. The first kappa shape index (κ1) is 20.3. The molecule has 0 saturated heterocycles. The van der Waals surface area contributed by atoms with E-state index in [-0.39, 0.29) is 15.5 Å². The molecule has 0 bridgehead atoms. The van der Waals surface area contributed by atoms with Crippen molar-refractivity contribution in [2.75, 3.05) is 0 Å². The number of halogens is 2. The van der Waals surface area contributed by atoms with Gasteiger partial charge in [-0.25, -0.2) is 10.2 Å². The van der Waals surface area contributed by atoms with Crippen molar-refractivity contribution < 1.29 is 19.8 Å². The number of nitrogens with zero attached hydrogens (tertiary/aromatic N) is 1. The Morgan fingerprint density at radius 3 is 2.46 bits per heavy atom. The van der Waals surface area contributed by atoms with Crippen LogP contribution in [0.3, 0.4) is 0 Å². The molecule has 1 aromatic carbocycles. The van der Waals surface area contributed by atoms with Crippen LogP contribution in [0.15, 0.2) is 40.8 Å². The van der Waals surface area contributed by atoms with Crippen LogP contribution in [0.25, 0.3) is 10.4 Å². The van der Waals surface area contributed by atoms with Gasteiger partial charge in [-0.3, -0.25) is 4.79 Å². The number of carboxylic acid groups (broad SMARTS) is 1. The Hall–Kier alpha value is -2.39. The summed E-state index contributed by atoms with van der Waals surface area (Å²) in [6.45, 7) is 1.64. The van der Waals surface area contributed by atoms with Crippen LogP contribution < -0.4 is 5.43 Å². The number of carbonyl (C=O) groups is 2. The summed E-state index contributed by atoms with van der Waals surface area (Å²) in [5, 5.41) is 26.0. The predicted octanol–water partition coefficient (Wildman–Crippen LogP) is 5.34. The molecule has 2 heterocycles. The lowest BCUT2D eigenvalue weighted by molar-refractivity contribution is 0.0702. The molecule has 3 aromatic rings. The third-order valence-electron chi connectivity index (χ3n) is 3.70. The third-order valence-corrected chi connectivity index (χ3v) is 6.53. The van der Waals surface area contributed by atoms with E-state index < -0.39 is 11.9 Å². The van der Waals surface area contributed by atoms with Crippen LogP contribution in [0.1, 0.15) is 31.8 Å². The number of hydrogen-bond acceptors (Lipinski definition) is 6. The van der Waals surface area contributed by atoms with E-state index in [4.69, 9.17) is 28.3 Å². The Morgan fingerprint density at radius 2 is 1.82 bits per heavy atom. The molecule has 0 spiro atoms. The molecular weight excluding hydrogens is 443 g/mol. The zero-order valence-electron chi connectivity index (χ0n) is 14.2. The molecule has 0 saturated carbocycles. The van der Waals surface area contributed by atoms with Crippen molar-refractivity contribution >= 4 is 63.5 Å². The van der Waals surface area contributed by atoms with Gasteiger partial charge >= 0.3 is 5.97 Å². The minimum absolute atomic E-state index is 0.0168. The Morgan fingerprint density at radius 1 is 1.11 bits per heavy atom. The molecule has 0 aliphatic heterocycles. The smallest absolute Gasteiger partial charge is 0.345 e. The lowest BCUT2D eigenvalue weighted by Crippen LogP contribution is -2.18. The number of hydrogen-bond donors (Lipinski definition) is 3. The maximum Gasteiger partial charge on any atom is 0.345 e. The Kier molecular flexibility index (Phi) is 6.04. The van der Waals surface area contributed by atoms with Crippen molar-refractivity contribution in [1.29, 1.82) is 0 Å². The van der Waals surface area contributed by atoms with Crippen LogP contribution in [-0.4, -0.2) is 27.8 Å². The molecule has 0 radical (unpaired) electrons. The van der Waals surface area contributed by atoms with Crippen LogP contribution >= 0.6 is 45.9 Å². The number of nitrogens with one attached hydrogen (secondary N) is 1. The van der Waals surface area contributed by atoms with E-state index in [1.807, 2.05) is 0 Å². The summed E-state index contributed by atoms with van der Waals surface area (Å²) >= 11 is 14.1. The second-order valence-corrected chi connectivity index (χ2v) is 8.34. The van der Waals surface area contributed by atoms with E-state index in [0.717, 1.165) is 11.3 Å². The molecular formula is C18H12Cl2N2O4S2. The van der Waals surface area contributed by atoms with Gasteiger partial charge in [0.15, 0.2) is 0 Å². The van der Waals surface area contributed by atoms with Crippen LogP contribution in [0, 0.1) is 0 Å². The summed E-state index contributed by atoms with van der Waals surface area (Å²) in [4.78, 5) is 23.9. The average molecular weight is 455 g/mol. The van der Waals surface area contributed by atoms with Gasteiger partial charge < -0.3 is 10.2 Å². The summed E-state index contributed by atoms with van der Waals surface area (Å²) < 4.78 is 0. The number of carboxylic acids is 1. The van der Waals surface area contributed by atoms with Gasteiger partial charge in [0, 0.05) is 5.38 Å². The van der Waals surface area contributed by atoms with E-state index in [1.165, 1.54) is 23.5 Å². The van der Waals surface area contributed by atoms with Crippen molar-refractivity contribution in [3.63, 3.8) is 0 Å².